The van der Waals surface area contributed by atoms with Crippen molar-refractivity contribution in [1.82, 2.24) is 4.98 Å². The molecule has 0 aliphatic rings. The first-order valence-electron chi connectivity index (χ1n) is 8.14. The molecule has 3 aromatic rings. The average molecular weight is 305 g/mol. The minimum absolute atomic E-state index is 0.0640. The van der Waals surface area contributed by atoms with Gasteiger partial charge in [0.2, 0.25) is 0 Å². The van der Waals surface area contributed by atoms with Crippen molar-refractivity contribution in [1.29, 1.82) is 0 Å². The zero-order valence-electron chi connectivity index (χ0n) is 14.2. The Labute approximate surface area is 137 Å². The maximum Gasteiger partial charge on any atom is 0.152 e. The third-order valence-corrected chi connectivity index (χ3v) is 4.47. The van der Waals surface area contributed by atoms with Crippen LogP contribution < -0.4 is 0 Å². The number of aromatic nitrogens is 1. The fourth-order valence-corrected chi connectivity index (χ4v) is 2.94. The Bertz CT molecular complexity index is 848. The second-order valence-electron chi connectivity index (χ2n) is 7.09. The lowest BCUT2D eigenvalue weighted by atomic mass is 9.86. The number of fused-ring (bicyclic) bond motifs is 1. The first kappa shape index (κ1) is 15.5. The second-order valence-corrected chi connectivity index (χ2v) is 7.09. The number of H-pyrrole nitrogens is 1. The van der Waals surface area contributed by atoms with Crippen molar-refractivity contribution >= 4 is 17.2 Å². The molecule has 1 N–H and O–H groups in total. The summed E-state index contributed by atoms with van der Waals surface area (Å²) in [5.74, 6) is 0. The number of rotatable bonds is 3. The summed E-state index contributed by atoms with van der Waals surface area (Å²) in [4.78, 5) is 15.2. The Kier molecular flexibility index (Phi) is 3.85. The topological polar surface area (TPSA) is 32.9 Å². The van der Waals surface area contributed by atoms with Crippen LogP contribution in [0.2, 0.25) is 0 Å². The molecule has 0 unspecified atom stereocenters. The van der Waals surface area contributed by atoms with Gasteiger partial charge in [-0.05, 0) is 40.7 Å². The summed E-state index contributed by atoms with van der Waals surface area (Å²) < 4.78 is 0. The van der Waals surface area contributed by atoms with Crippen LogP contribution in [0.3, 0.4) is 0 Å². The molecule has 2 nitrogen and oxygen atoms in total. The lowest BCUT2D eigenvalue weighted by Crippen LogP contribution is -2.10. The summed E-state index contributed by atoms with van der Waals surface area (Å²) in [6, 6.07) is 14.8. The van der Waals surface area contributed by atoms with Gasteiger partial charge in [0.25, 0.3) is 0 Å². The maximum atomic E-state index is 11.7. The van der Waals surface area contributed by atoms with E-state index in [0.29, 0.717) is 0 Å². The number of hydrogen-bond donors (Lipinski definition) is 1. The maximum absolute atomic E-state index is 11.7. The molecule has 0 saturated carbocycles. The Hall–Kier alpha value is -2.35. The summed E-state index contributed by atoms with van der Waals surface area (Å²) >= 11 is 0. The third kappa shape index (κ3) is 2.81. The van der Waals surface area contributed by atoms with E-state index in [4.69, 9.17) is 0 Å². The smallest absolute Gasteiger partial charge is 0.152 e. The van der Waals surface area contributed by atoms with Crippen LogP contribution in [0.4, 0.5) is 0 Å². The van der Waals surface area contributed by atoms with Gasteiger partial charge >= 0.3 is 0 Å². The highest BCUT2D eigenvalue weighted by atomic mass is 16.1. The van der Waals surface area contributed by atoms with Gasteiger partial charge in [-0.3, -0.25) is 4.79 Å². The molecule has 0 aliphatic heterocycles. The molecular formula is C21H23NO. The molecule has 0 fully saturated rings. The Morgan fingerprint density at radius 2 is 1.74 bits per heavy atom. The van der Waals surface area contributed by atoms with Crippen LogP contribution in [0.5, 0.6) is 0 Å². The summed E-state index contributed by atoms with van der Waals surface area (Å²) in [5.41, 5.74) is 6.31. The lowest BCUT2D eigenvalue weighted by molar-refractivity contribution is 0.112. The van der Waals surface area contributed by atoms with E-state index >= 15 is 0 Å². The van der Waals surface area contributed by atoms with E-state index in [0.717, 1.165) is 40.4 Å². The van der Waals surface area contributed by atoms with Crippen LogP contribution in [0.25, 0.3) is 22.2 Å². The average Bonchev–Trinajstić information content (AvgIpc) is 2.91. The summed E-state index contributed by atoms with van der Waals surface area (Å²) in [7, 11) is 0. The van der Waals surface area contributed by atoms with Crippen molar-refractivity contribution in [2.24, 2.45) is 0 Å². The van der Waals surface area contributed by atoms with Gasteiger partial charge in [-0.25, -0.2) is 0 Å². The van der Waals surface area contributed by atoms with Gasteiger partial charge in [0.05, 0.1) is 5.69 Å². The molecule has 2 aromatic carbocycles. The van der Waals surface area contributed by atoms with Gasteiger partial charge in [0.15, 0.2) is 6.29 Å². The predicted octanol–water partition coefficient (Wildman–Crippen LogP) is 5.51. The first-order valence-corrected chi connectivity index (χ1v) is 8.14. The number of aryl methyl sites for hydroxylation is 1. The van der Waals surface area contributed by atoms with Gasteiger partial charge in [0.1, 0.15) is 0 Å². The first-order chi connectivity index (χ1) is 10.9. The third-order valence-electron chi connectivity index (χ3n) is 4.47. The normalized spacial score (nSPS) is 11.8. The fourth-order valence-electron chi connectivity index (χ4n) is 2.94. The second kappa shape index (κ2) is 5.69. The van der Waals surface area contributed by atoms with Crippen molar-refractivity contribution < 1.29 is 4.79 Å². The molecule has 0 aliphatic carbocycles. The largest absolute Gasteiger partial charge is 0.354 e. The van der Waals surface area contributed by atoms with Gasteiger partial charge < -0.3 is 4.98 Å². The van der Waals surface area contributed by atoms with E-state index < -0.39 is 0 Å². The zero-order chi connectivity index (χ0) is 16.6. The fraction of sp³-hybridized carbons (Fsp3) is 0.286. The molecule has 0 amide bonds. The molecule has 1 aromatic heterocycles. The standard InChI is InChI=1S/C21H23NO/c1-5-14-6-8-15(9-7-14)20-18(13-23)17-12-16(21(2,3)4)10-11-19(17)22-20/h6-13,22H,5H2,1-4H3. The quantitative estimate of drug-likeness (QED) is 0.636. The summed E-state index contributed by atoms with van der Waals surface area (Å²) in [6.07, 6.45) is 1.98. The highest BCUT2D eigenvalue weighted by Crippen LogP contribution is 2.32. The van der Waals surface area contributed by atoms with E-state index in [9.17, 15) is 4.79 Å². The summed E-state index contributed by atoms with van der Waals surface area (Å²) in [5, 5.41) is 1.00. The Balaban J connectivity index is 2.19. The molecule has 0 radical (unpaired) electrons. The number of aldehydes is 1. The van der Waals surface area contributed by atoms with Crippen LogP contribution in [-0.2, 0) is 11.8 Å². The SMILES string of the molecule is CCc1ccc(-c2[nH]c3ccc(C(C)(C)C)cc3c2C=O)cc1. The van der Waals surface area contributed by atoms with Crippen molar-refractivity contribution in [3.63, 3.8) is 0 Å². The highest BCUT2D eigenvalue weighted by Gasteiger charge is 2.18. The molecule has 118 valence electrons. The van der Waals surface area contributed by atoms with Gasteiger partial charge in [-0.2, -0.15) is 0 Å². The van der Waals surface area contributed by atoms with Crippen LogP contribution in [0.15, 0.2) is 42.5 Å². The number of carbonyl (C=O) groups is 1. The van der Waals surface area contributed by atoms with Crippen LogP contribution in [0.1, 0.15) is 49.2 Å². The van der Waals surface area contributed by atoms with Crippen LogP contribution in [0, 0.1) is 0 Å². The van der Waals surface area contributed by atoms with Crippen molar-refractivity contribution in [3.05, 3.63) is 59.2 Å². The van der Waals surface area contributed by atoms with Crippen LogP contribution in [-0.4, -0.2) is 11.3 Å². The number of nitrogens with one attached hydrogen (secondary N) is 1. The Morgan fingerprint density at radius 3 is 2.30 bits per heavy atom. The Morgan fingerprint density at radius 1 is 1.04 bits per heavy atom. The van der Waals surface area contributed by atoms with E-state index in [2.05, 4.69) is 75.1 Å². The molecular weight excluding hydrogens is 282 g/mol. The van der Waals surface area contributed by atoms with Gasteiger partial charge in [0, 0.05) is 16.5 Å². The van der Waals surface area contributed by atoms with E-state index in [1.807, 2.05) is 0 Å². The molecule has 23 heavy (non-hydrogen) atoms. The predicted molar refractivity (Wildman–Crippen MR) is 97.2 cm³/mol. The number of hydrogen-bond acceptors (Lipinski definition) is 1. The van der Waals surface area contributed by atoms with Gasteiger partial charge in [-0.15, -0.1) is 0 Å². The monoisotopic (exact) mass is 305 g/mol. The summed E-state index contributed by atoms with van der Waals surface area (Å²) in [6.45, 7) is 8.70. The molecule has 2 heteroatoms. The highest BCUT2D eigenvalue weighted by molar-refractivity contribution is 6.04. The molecule has 0 spiro atoms. The molecule has 0 bridgehead atoms. The minimum Gasteiger partial charge on any atom is -0.354 e. The van der Waals surface area contributed by atoms with Gasteiger partial charge in [-0.1, -0.05) is 58.0 Å². The van der Waals surface area contributed by atoms with Crippen molar-refractivity contribution in [3.8, 4) is 11.3 Å². The molecule has 1 heterocycles. The molecule has 0 saturated heterocycles. The molecule has 0 atom stereocenters. The van der Waals surface area contributed by atoms with E-state index in [-0.39, 0.29) is 5.41 Å². The van der Waals surface area contributed by atoms with E-state index in [1.54, 1.807) is 0 Å². The lowest BCUT2D eigenvalue weighted by Gasteiger charge is -2.18. The number of benzene rings is 2. The van der Waals surface area contributed by atoms with Crippen LogP contribution >= 0.6 is 0 Å². The van der Waals surface area contributed by atoms with Crippen molar-refractivity contribution in [2.75, 3.05) is 0 Å². The number of aromatic amines is 1. The minimum atomic E-state index is 0.0640. The van der Waals surface area contributed by atoms with E-state index in [1.165, 1.54) is 11.1 Å². The number of carbonyl (C=O) groups excluding carboxylic acids is 1. The molecule has 3 rings (SSSR count). The zero-order valence-corrected chi connectivity index (χ0v) is 14.2. The van der Waals surface area contributed by atoms with Crippen molar-refractivity contribution in [2.45, 2.75) is 39.5 Å².